The monoisotopic (exact) mass is 230 g/mol. The van der Waals surface area contributed by atoms with Gasteiger partial charge in [0.15, 0.2) is 0 Å². The summed E-state index contributed by atoms with van der Waals surface area (Å²) in [6.45, 7) is 8.86. The maximum atomic E-state index is 5.90. The van der Waals surface area contributed by atoms with Crippen molar-refractivity contribution in [2.24, 2.45) is 0 Å². The van der Waals surface area contributed by atoms with Crippen LogP contribution in [0, 0.1) is 0 Å². The summed E-state index contributed by atoms with van der Waals surface area (Å²) in [5.41, 5.74) is 0. The van der Waals surface area contributed by atoms with E-state index < -0.39 is 18.1 Å². The van der Waals surface area contributed by atoms with E-state index in [0.29, 0.717) is 12.2 Å². The summed E-state index contributed by atoms with van der Waals surface area (Å²) in [5, 5.41) is 0. The highest BCUT2D eigenvalue weighted by atomic mass is 28.3. The van der Waals surface area contributed by atoms with Crippen LogP contribution in [0.25, 0.3) is 0 Å². The van der Waals surface area contributed by atoms with Gasteiger partial charge in [-0.05, 0) is 51.9 Å². The lowest BCUT2D eigenvalue weighted by molar-refractivity contribution is 0.0802. The number of hydrogen-bond acceptors (Lipinski definition) is 2. The van der Waals surface area contributed by atoms with Crippen molar-refractivity contribution in [1.29, 1.82) is 0 Å². The van der Waals surface area contributed by atoms with E-state index in [-0.39, 0.29) is 0 Å². The van der Waals surface area contributed by atoms with E-state index in [1.165, 1.54) is 25.7 Å². The minimum atomic E-state index is -0.508. The maximum Gasteiger partial charge on any atom is 0.205 e. The molecule has 0 aliphatic heterocycles. The van der Waals surface area contributed by atoms with Crippen LogP contribution < -0.4 is 0 Å². The molecule has 1 fully saturated rings. The molecular weight excluding hydrogens is 208 g/mol. The molecule has 0 aromatic carbocycles. The first-order chi connectivity index (χ1) is 6.58. The molecule has 14 heavy (non-hydrogen) atoms. The molecular formula is C10H22O2Si2. The standard InChI is InChI=1S/C10H22O2Si2/c1-13(2)11-9-5-7-10(8-6-9)12-14(3)4/h9-10H,5-8H2,1-4H3. The SMILES string of the molecule is C[Si](C)OC1CCC(O[Si](C)C)CC1. The molecule has 0 aromatic heterocycles. The summed E-state index contributed by atoms with van der Waals surface area (Å²) in [6.07, 6.45) is 5.88. The minimum absolute atomic E-state index is 0.508. The molecule has 1 aliphatic carbocycles. The lowest BCUT2D eigenvalue weighted by atomic mass is 9.95. The molecule has 0 N–H and O–H groups in total. The second kappa shape index (κ2) is 6.05. The molecule has 2 nitrogen and oxygen atoms in total. The fourth-order valence-corrected chi connectivity index (χ4v) is 3.74. The lowest BCUT2D eigenvalue weighted by Crippen LogP contribution is -2.31. The van der Waals surface area contributed by atoms with Crippen LogP contribution in [-0.2, 0) is 8.85 Å². The van der Waals surface area contributed by atoms with Crippen molar-refractivity contribution in [2.75, 3.05) is 0 Å². The molecule has 4 heteroatoms. The minimum Gasteiger partial charge on any atom is -0.414 e. The van der Waals surface area contributed by atoms with Gasteiger partial charge < -0.3 is 8.85 Å². The first-order valence-electron chi connectivity index (χ1n) is 5.51. The first-order valence-corrected chi connectivity index (χ1v) is 10.3. The Hall–Kier alpha value is 0.354. The summed E-state index contributed by atoms with van der Waals surface area (Å²) in [6, 6.07) is 0. The third kappa shape index (κ3) is 4.73. The average molecular weight is 230 g/mol. The van der Waals surface area contributed by atoms with Gasteiger partial charge in [-0.15, -0.1) is 0 Å². The van der Waals surface area contributed by atoms with Gasteiger partial charge in [0, 0.05) is 12.2 Å². The molecule has 0 unspecified atom stereocenters. The van der Waals surface area contributed by atoms with E-state index in [2.05, 4.69) is 26.2 Å². The molecule has 0 heterocycles. The Balaban J connectivity index is 2.17. The second-order valence-corrected chi connectivity index (χ2v) is 8.56. The van der Waals surface area contributed by atoms with E-state index in [9.17, 15) is 0 Å². The zero-order valence-corrected chi connectivity index (χ0v) is 11.8. The number of rotatable bonds is 4. The molecule has 0 spiro atoms. The van der Waals surface area contributed by atoms with Crippen LogP contribution >= 0.6 is 0 Å². The van der Waals surface area contributed by atoms with E-state index >= 15 is 0 Å². The Labute approximate surface area is 91.4 Å². The summed E-state index contributed by atoms with van der Waals surface area (Å²) >= 11 is 0. The van der Waals surface area contributed by atoms with Crippen LogP contribution in [0.4, 0.5) is 0 Å². The van der Waals surface area contributed by atoms with Gasteiger partial charge in [0.05, 0.1) is 0 Å². The Bertz CT molecular complexity index is 136. The Morgan fingerprint density at radius 3 is 1.21 bits per heavy atom. The average Bonchev–Trinajstić information content (AvgIpc) is 2.06. The fraction of sp³-hybridized carbons (Fsp3) is 1.00. The normalized spacial score (nSPS) is 28.7. The van der Waals surface area contributed by atoms with Crippen LogP contribution in [0.5, 0.6) is 0 Å². The van der Waals surface area contributed by atoms with E-state index in [4.69, 9.17) is 8.85 Å². The van der Waals surface area contributed by atoms with Crippen molar-refractivity contribution in [1.82, 2.24) is 0 Å². The van der Waals surface area contributed by atoms with Gasteiger partial charge in [0.1, 0.15) is 0 Å². The van der Waals surface area contributed by atoms with Crippen LogP contribution in [0.15, 0.2) is 0 Å². The fourth-order valence-electron chi connectivity index (χ4n) is 1.93. The van der Waals surface area contributed by atoms with Gasteiger partial charge in [-0.3, -0.25) is 0 Å². The maximum absolute atomic E-state index is 5.90. The van der Waals surface area contributed by atoms with Crippen LogP contribution in [0.1, 0.15) is 25.7 Å². The zero-order valence-electron chi connectivity index (χ0n) is 9.80. The van der Waals surface area contributed by atoms with Crippen molar-refractivity contribution in [3.05, 3.63) is 0 Å². The molecule has 1 aliphatic rings. The predicted octanol–water partition coefficient (Wildman–Crippen LogP) is 2.83. The van der Waals surface area contributed by atoms with Crippen molar-refractivity contribution in [3.8, 4) is 0 Å². The lowest BCUT2D eigenvalue weighted by Gasteiger charge is -2.30. The van der Waals surface area contributed by atoms with Crippen LogP contribution in [-0.4, -0.2) is 30.3 Å². The molecule has 1 rings (SSSR count). The molecule has 1 saturated carbocycles. The third-order valence-electron chi connectivity index (χ3n) is 2.43. The van der Waals surface area contributed by atoms with E-state index in [0.717, 1.165) is 0 Å². The van der Waals surface area contributed by atoms with Crippen LogP contribution in [0.3, 0.4) is 0 Å². The molecule has 0 amide bonds. The largest absolute Gasteiger partial charge is 0.414 e. The molecule has 0 saturated heterocycles. The van der Waals surface area contributed by atoms with Gasteiger partial charge in [0.25, 0.3) is 0 Å². The first kappa shape index (κ1) is 12.4. The van der Waals surface area contributed by atoms with E-state index in [1.54, 1.807) is 0 Å². The Morgan fingerprint density at radius 2 is 1.00 bits per heavy atom. The Kier molecular flexibility index (Phi) is 5.37. The summed E-state index contributed by atoms with van der Waals surface area (Å²) < 4.78 is 11.8. The Morgan fingerprint density at radius 1 is 0.714 bits per heavy atom. The predicted molar refractivity (Wildman–Crippen MR) is 63.2 cm³/mol. The summed E-state index contributed by atoms with van der Waals surface area (Å²) in [5.74, 6) is 0. The smallest absolute Gasteiger partial charge is 0.205 e. The zero-order chi connectivity index (χ0) is 10.6. The highest BCUT2D eigenvalue weighted by Crippen LogP contribution is 2.24. The van der Waals surface area contributed by atoms with Gasteiger partial charge in [-0.2, -0.15) is 0 Å². The van der Waals surface area contributed by atoms with Crippen LogP contribution in [0.2, 0.25) is 26.2 Å². The quantitative estimate of drug-likeness (QED) is 0.692. The van der Waals surface area contributed by atoms with Gasteiger partial charge in [0.2, 0.25) is 18.1 Å². The molecule has 82 valence electrons. The molecule has 0 atom stereocenters. The topological polar surface area (TPSA) is 18.5 Å². The summed E-state index contributed by atoms with van der Waals surface area (Å²) in [7, 11) is -1.02. The highest BCUT2D eigenvalue weighted by molar-refractivity contribution is 6.48. The summed E-state index contributed by atoms with van der Waals surface area (Å²) in [4.78, 5) is 0. The van der Waals surface area contributed by atoms with Crippen molar-refractivity contribution in [3.63, 3.8) is 0 Å². The third-order valence-corrected chi connectivity index (χ3v) is 4.04. The van der Waals surface area contributed by atoms with Gasteiger partial charge in [-0.1, -0.05) is 0 Å². The van der Waals surface area contributed by atoms with E-state index in [1.807, 2.05) is 0 Å². The molecule has 2 radical (unpaired) electrons. The van der Waals surface area contributed by atoms with Gasteiger partial charge >= 0.3 is 0 Å². The van der Waals surface area contributed by atoms with Gasteiger partial charge in [-0.25, -0.2) is 0 Å². The van der Waals surface area contributed by atoms with Crippen molar-refractivity contribution < 1.29 is 8.85 Å². The second-order valence-electron chi connectivity index (χ2n) is 4.45. The van der Waals surface area contributed by atoms with Crippen molar-refractivity contribution >= 4 is 18.1 Å². The molecule has 0 bridgehead atoms. The number of hydrogen-bond donors (Lipinski definition) is 0. The van der Waals surface area contributed by atoms with Crippen molar-refractivity contribution in [2.45, 2.75) is 64.1 Å². The molecule has 0 aromatic rings. The highest BCUT2D eigenvalue weighted by Gasteiger charge is 2.23.